The second kappa shape index (κ2) is 8.47. The summed E-state index contributed by atoms with van der Waals surface area (Å²) in [6, 6.07) is 13.2. The summed E-state index contributed by atoms with van der Waals surface area (Å²) < 4.78 is 14.5. The van der Waals surface area contributed by atoms with E-state index in [0.29, 0.717) is 28.7 Å². The van der Waals surface area contributed by atoms with E-state index in [1.54, 1.807) is 6.92 Å². The van der Waals surface area contributed by atoms with Crippen LogP contribution in [0.2, 0.25) is 0 Å². The number of phenols is 1. The molecule has 0 spiro atoms. The average Bonchev–Trinajstić information content (AvgIpc) is 3.13. The van der Waals surface area contributed by atoms with Gasteiger partial charge in [-0.1, -0.05) is 48.0 Å². The molecule has 186 valence electrons. The quantitative estimate of drug-likeness (QED) is 0.391. The van der Waals surface area contributed by atoms with Gasteiger partial charge in [0.1, 0.15) is 0 Å². The van der Waals surface area contributed by atoms with Crippen LogP contribution in [-0.4, -0.2) is 33.4 Å². The summed E-state index contributed by atoms with van der Waals surface area (Å²) in [6.45, 7) is 1.75. The number of hydrogen-bond acceptors (Lipinski definition) is 5. The Morgan fingerprint density at radius 1 is 1.00 bits per heavy atom. The lowest BCUT2D eigenvalue weighted by atomic mass is 9.59. The number of carbonyl (C=O) groups is 4. The number of rotatable bonds is 3. The molecule has 2 amide bonds. The van der Waals surface area contributed by atoms with Crippen LogP contribution in [0.25, 0.3) is 0 Å². The molecule has 1 saturated heterocycles. The van der Waals surface area contributed by atoms with Crippen molar-refractivity contribution in [1.29, 1.82) is 0 Å². The predicted molar refractivity (Wildman–Crippen MR) is 131 cm³/mol. The molecule has 2 aromatic carbocycles. The van der Waals surface area contributed by atoms with Gasteiger partial charge in [-0.15, -0.1) is 0 Å². The summed E-state index contributed by atoms with van der Waals surface area (Å²) in [7, 11) is 0. The van der Waals surface area contributed by atoms with Crippen LogP contribution in [0, 0.1) is 23.6 Å². The maximum atomic E-state index is 14.5. The van der Waals surface area contributed by atoms with Crippen molar-refractivity contribution >= 4 is 23.4 Å². The summed E-state index contributed by atoms with van der Waals surface area (Å²) in [6.07, 6.45) is 3.70. The molecule has 4 aliphatic rings. The van der Waals surface area contributed by atoms with Crippen molar-refractivity contribution < 1.29 is 28.7 Å². The van der Waals surface area contributed by atoms with E-state index >= 15 is 0 Å². The normalized spacial score (nSPS) is 27.0. The maximum Gasteiger partial charge on any atom is 0.234 e. The Hall–Kier alpha value is -4.13. The standard InChI is InChI=1S/C30H24FNO5/c1-15-11-24(34)21-13-20-18(25(27(21)28(15)35)17-7-10-23(33)22(31)12-17)8-9-19-26(20)30(37)32(29(19)36)14-16-5-3-2-4-6-16/h2-8,10-12,19-20,25-26,33H,9,13-14H2,1H3/t19-,20+,25-,26-/m0/s1. The van der Waals surface area contributed by atoms with Crippen LogP contribution >= 0.6 is 0 Å². The van der Waals surface area contributed by atoms with Gasteiger partial charge in [0, 0.05) is 22.6 Å². The van der Waals surface area contributed by atoms with Crippen molar-refractivity contribution in [3.05, 3.63) is 99.9 Å². The first-order valence-corrected chi connectivity index (χ1v) is 12.3. The number of Topliss-reactive ketones (excluding diaryl/α,β-unsaturated/α-hetero) is 1. The first-order chi connectivity index (χ1) is 17.8. The topological polar surface area (TPSA) is 91.8 Å². The molecule has 0 radical (unpaired) electrons. The smallest absolute Gasteiger partial charge is 0.234 e. The lowest BCUT2D eigenvalue weighted by molar-refractivity contribution is -0.140. The summed E-state index contributed by atoms with van der Waals surface area (Å²) >= 11 is 0. The highest BCUT2D eigenvalue weighted by molar-refractivity contribution is 6.23. The van der Waals surface area contributed by atoms with Gasteiger partial charge in [-0.25, -0.2) is 4.39 Å². The monoisotopic (exact) mass is 497 g/mol. The third kappa shape index (κ3) is 3.52. The largest absolute Gasteiger partial charge is 0.505 e. The number of nitrogens with zero attached hydrogens (tertiary/aromatic N) is 1. The number of imide groups is 1. The van der Waals surface area contributed by atoms with Crippen LogP contribution in [0.4, 0.5) is 4.39 Å². The number of hydrogen-bond donors (Lipinski definition) is 1. The lowest BCUT2D eigenvalue weighted by Gasteiger charge is -2.42. The van der Waals surface area contributed by atoms with Gasteiger partial charge in [-0.2, -0.15) is 0 Å². The van der Waals surface area contributed by atoms with Crippen molar-refractivity contribution in [2.75, 3.05) is 0 Å². The molecule has 1 N–H and O–H groups in total. The first kappa shape index (κ1) is 23.3. The zero-order chi connectivity index (χ0) is 26.0. The van der Waals surface area contributed by atoms with Crippen molar-refractivity contribution in [2.45, 2.75) is 32.2 Å². The van der Waals surface area contributed by atoms with Gasteiger partial charge >= 0.3 is 0 Å². The van der Waals surface area contributed by atoms with Crippen LogP contribution in [0.1, 0.15) is 36.8 Å². The number of likely N-dealkylation sites (tertiary alicyclic amines) is 1. The molecule has 3 aliphatic carbocycles. The Labute approximate surface area is 212 Å². The minimum Gasteiger partial charge on any atom is -0.505 e. The van der Waals surface area contributed by atoms with Crippen LogP contribution < -0.4 is 0 Å². The van der Waals surface area contributed by atoms with Crippen LogP contribution in [0.5, 0.6) is 5.75 Å². The van der Waals surface area contributed by atoms with E-state index in [1.165, 1.54) is 29.2 Å². The number of phenolic OH excluding ortho intramolecular Hbond substituents is 1. The van der Waals surface area contributed by atoms with Crippen LogP contribution in [0.15, 0.2) is 83.0 Å². The number of ketones is 2. The van der Waals surface area contributed by atoms with E-state index < -0.39 is 35.2 Å². The van der Waals surface area contributed by atoms with Gasteiger partial charge in [-0.05, 0) is 55.0 Å². The zero-order valence-electron chi connectivity index (χ0n) is 20.1. The summed E-state index contributed by atoms with van der Waals surface area (Å²) in [5, 5.41) is 9.76. The molecule has 0 aromatic heterocycles. The molecule has 0 bridgehead atoms. The molecule has 1 fully saturated rings. The number of amides is 2. The minimum absolute atomic E-state index is 0.173. The third-order valence-corrected chi connectivity index (χ3v) is 8.14. The molecule has 0 saturated carbocycles. The highest BCUT2D eigenvalue weighted by Crippen LogP contribution is 2.55. The summed E-state index contributed by atoms with van der Waals surface area (Å²) in [5.41, 5.74) is 2.94. The lowest BCUT2D eigenvalue weighted by Crippen LogP contribution is -2.39. The number of carbonyl (C=O) groups excluding carboxylic acids is 4. The second-order valence-electron chi connectivity index (χ2n) is 10.2. The first-order valence-electron chi connectivity index (χ1n) is 12.3. The molecule has 0 unspecified atom stereocenters. The molecule has 6 rings (SSSR count). The number of fused-ring (bicyclic) bond motifs is 3. The molecular formula is C30H24FNO5. The minimum atomic E-state index is -0.834. The van der Waals surface area contributed by atoms with E-state index in [4.69, 9.17) is 0 Å². The molecule has 1 heterocycles. The summed E-state index contributed by atoms with van der Waals surface area (Å²) in [5.74, 6) is -4.86. The second-order valence-corrected chi connectivity index (χ2v) is 10.2. The fraction of sp³-hybridized carbons (Fsp3) is 0.267. The van der Waals surface area contributed by atoms with Gasteiger partial charge in [0.25, 0.3) is 0 Å². The molecule has 37 heavy (non-hydrogen) atoms. The zero-order valence-corrected chi connectivity index (χ0v) is 20.1. The Morgan fingerprint density at radius 3 is 2.49 bits per heavy atom. The number of aromatic hydroxyl groups is 1. The molecular weight excluding hydrogens is 473 g/mol. The Kier molecular flexibility index (Phi) is 5.33. The molecule has 2 aromatic rings. The Balaban J connectivity index is 1.45. The van der Waals surface area contributed by atoms with Crippen molar-refractivity contribution in [1.82, 2.24) is 4.90 Å². The maximum absolute atomic E-state index is 14.5. The third-order valence-electron chi connectivity index (χ3n) is 8.14. The van der Waals surface area contributed by atoms with Crippen LogP contribution in [0.3, 0.4) is 0 Å². The fourth-order valence-corrected chi connectivity index (χ4v) is 6.43. The molecule has 4 atom stereocenters. The highest BCUT2D eigenvalue weighted by Gasteiger charge is 2.56. The Morgan fingerprint density at radius 2 is 1.76 bits per heavy atom. The van der Waals surface area contributed by atoms with E-state index in [2.05, 4.69) is 0 Å². The van der Waals surface area contributed by atoms with Crippen LogP contribution in [-0.2, 0) is 25.7 Å². The SMILES string of the molecule is CC1=CC(=O)C2=C(C1=O)[C@@H](c1ccc(O)c(F)c1)C1=CC[C@@H]3C(=O)N(Cc4ccccc4)C(=O)[C@@H]3[C@@H]1C2. The van der Waals surface area contributed by atoms with Gasteiger partial charge in [-0.3, -0.25) is 24.1 Å². The van der Waals surface area contributed by atoms with Crippen molar-refractivity contribution in [3.8, 4) is 5.75 Å². The van der Waals surface area contributed by atoms with E-state index in [1.807, 2.05) is 36.4 Å². The number of benzene rings is 2. The molecule has 7 heteroatoms. The van der Waals surface area contributed by atoms with E-state index in [0.717, 1.165) is 11.1 Å². The Bertz CT molecular complexity index is 1480. The molecule has 6 nitrogen and oxygen atoms in total. The molecule has 1 aliphatic heterocycles. The number of halogens is 1. The summed E-state index contributed by atoms with van der Waals surface area (Å²) in [4.78, 5) is 54.8. The predicted octanol–water partition coefficient (Wildman–Crippen LogP) is 4.16. The van der Waals surface area contributed by atoms with Gasteiger partial charge in [0.2, 0.25) is 11.8 Å². The van der Waals surface area contributed by atoms with Gasteiger partial charge in [0.05, 0.1) is 18.4 Å². The average molecular weight is 498 g/mol. The number of allylic oxidation sites excluding steroid dienone is 6. The van der Waals surface area contributed by atoms with E-state index in [9.17, 15) is 28.7 Å². The van der Waals surface area contributed by atoms with Crippen molar-refractivity contribution in [2.24, 2.45) is 17.8 Å². The fourth-order valence-electron chi connectivity index (χ4n) is 6.43. The van der Waals surface area contributed by atoms with E-state index in [-0.39, 0.29) is 36.3 Å². The highest BCUT2D eigenvalue weighted by atomic mass is 19.1. The van der Waals surface area contributed by atoms with Gasteiger partial charge < -0.3 is 5.11 Å². The van der Waals surface area contributed by atoms with Crippen molar-refractivity contribution in [3.63, 3.8) is 0 Å². The van der Waals surface area contributed by atoms with Gasteiger partial charge in [0.15, 0.2) is 23.1 Å².